The molecule has 2 aromatic carbocycles. The van der Waals surface area contributed by atoms with Gasteiger partial charge in [0.15, 0.2) is 23.1 Å². The number of carbonyl (C=O) groups is 1. The molecule has 0 fully saturated rings. The summed E-state index contributed by atoms with van der Waals surface area (Å²) in [7, 11) is 3.22. The Morgan fingerprint density at radius 2 is 1.91 bits per heavy atom. The number of rotatable bonds is 4. The number of benzene rings is 2. The van der Waals surface area contributed by atoms with E-state index in [9.17, 15) is 4.79 Å². The molecule has 0 amide bonds. The fourth-order valence-electron chi connectivity index (χ4n) is 4.57. The van der Waals surface area contributed by atoms with Crippen LogP contribution in [0.2, 0.25) is 0 Å². The Morgan fingerprint density at radius 3 is 2.66 bits per heavy atom. The summed E-state index contributed by atoms with van der Waals surface area (Å²) in [5.74, 6) is 2.59. The van der Waals surface area contributed by atoms with E-state index >= 15 is 0 Å². The van der Waals surface area contributed by atoms with Gasteiger partial charge in [-0.2, -0.15) is 4.98 Å². The summed E-state index contributed by atoms with van der Waals surface area (Å²) >= 11 is 0. The quantitative estimate of drug-likeness (QED) is 0.652. The largest absolute Gasteiger partial charge is 0.493 e. The molecule has 0 saturated carbocycles. The maximum Gasteiger partial charge on any atom is 0.226 e. The summed E-state index contributed by atoms with van der Waals surface area (Å²) in [6.07, 6.45) is 2.15. The summed E-state index contributed by atoms with van der Waals surface area (Å²) in [4.78, 5) is 17.9. The molecule has 5 rings (SSSR count). The monoisotopic (exact) mass is 430 g/mol. The normalized spacial score (nSPS) is 17.5. The Bertz CT molecular complexity index is 1260. The molecule has 0 saturated heterocycles. The summed E-state index contributed by atoms with van der Waals surface area (Å²) in [5, 5.41) is 8.25. The van der Waals surface area contributed by atoms with Crippen molar-refractivity contribution in [2.24, 2.45) is 0 Å². The Kier molecular flexibility index (Phi) is 4.96. The van der Waals surface area contributed by atoms with Crippen LogP contribution in [0.1, 0.15) is 42.0 Å². The molecule has 2 heterocycles. The number of aromatic nitrogens is 3. The van der Waals surface area contributed by atoms with Crippen LogP contribution in [0.4, 0.5) is 5.95 Å². The lowest BCUT2D eigenvalue weighted by Crippen LogP contribution is -2.31. The van der Waals surface area contributed by atoms with E-state index in [1.807, 2.05) is 28.9 Å². The highest BCUT2D eigenvalue weighted by atomic mass is 16.5. The molecule has 7 heteroatoms. The Balaban J connectivity index is 1.72. The number of hydrogen-bond donors (Lipinski definition) is 1. The molecule has 1 N–H and O–H groups in total. The van der Waals surface area contributed by atoms with Gasteiger partial charge in [-0.15, -0.1) is 5.10 Å². The Hall–Kier alpha value is -3.61. The molecule has 2 aliphatic rings. The van der Waals surface area contributed by atoms with Crippen LogP contribution in [0.5, 0.6) is 11.5 Å². The molecule has 0 bridgehead atoms. The van der Waals surface area contributed by atoms with E-state index in [1.54, 1.807) is 14.2 Å². The second kappa shape index (κ2) is 7.82. The number of aryl methyl sites for hydroxylation is 2. The number of Topliss-reactive ketones (excluding diaryl/α,β-unsaturated/α-hetero) is 1. The summed E-state index contributed by atoms with van der Waals surface area (Å²) < 4.78 is 13.1. The van der Waals surface area contributed by atoms with E-state index in [2.05, 4.69) is 31.3 Å². The first-order valence-electron chi connectivity index (χ1n) is 10.8. The maximum atomic E-state index is 13.1. The predicted octanol–water partition coefficient (Wildman–Crippen LogP) is 4.60. The highest BCUT2D eigenvalue weighted by molar-refractivity contribution is 5.99. The minimum absolute atomic E-state index is 0.127. The lowest BCUT2D eigenvalue weighted by atomic mass is 9.85. The number of carbonyl (C=O) groups excluding carboxylic acids is 1. The number of hydrogen-bond acceptors (Lipinski definition) is 6. The topological polar surface area (TPSA) is 78.3 Å². The highest BCUT2D eigenvalue weighted by Gasteiger charge is 2.38. The van der Waals surface area contributed by atoms with Gasteiger partial charge < -0.3 is 14.8 Å². The van der Waals surface area contributed by atoms with Crippen molar-refractivity contribution in [1.82, 2.24) is 14.8 Å². The lowest BCUT2D eigenvalue weighted by Gasteiger charge is -2.32. The number of allylic oxidation sites excluding steroid dienone is 2. The van der Waals surface area contributed by atoms with Gasteiger partial charge in [-0.05, 0) is 49.9 Å². The minimum Gasteiger partial charge on any atom is -0.493 e. The number of anilines is 1. The van der Waals surface area contributed by atoms with Gasteiger partial charge in [0.1, 0.15) is 6.04 Å². The van der Waals surface area contributed by atoms with Crippen molar-refractivity contribution in [2.45, 2.75) is 39.2 Å². The summed E-state index contributed by atoms with van der Waals surface area (Å²) in [6, 6.07) is 11.5. The number of ketones is 1. The van der Waals surface area contributed by atoms with Crippen molar-refractivity contribution in [3.63, 3.8) is 0 Å². The van der Waals surface area contributed by atoms with E-state index in [0.717, 1.165) is 35.2 Å². The molecule has 0 radical (unpaired) electrons. The predicted molar refractivity (Wildman–Crippen MR) is 122 cm³/mol. The Morgan fingerprint density at radius 1 is 1.06 bits per heavy atom. The van der Waals surface area contributed by atoms with Crippen LogP contribution in [0, 0.1) is 13.8 Å². The minimum atomic E-state index is -0.438. The van der Waals surface area contributed by atoms with Crippen LogP contribution in [-0.4, -0.2) is 34.8 Å². The van der Waals surface area contributed by atoms with Crippen molar-refractivity contribution < 1.29 is 14.3 Å². The van der Waals surface area contributed by atoms with Gasteiger partial charge in [0.2, 0.25) is 5.95 Å². The molecular formula is C25H26N4O3. The first kappa shape index (κ1) is 20.3. The molecule has 1 aromatic heterocycles. The number of nitrogens with zero attached hydrogens (tertiary/aromatic N) is 3. The molecule has 32 heavy (non-hydrogen) atoms. The van der Waals surface area contributed by atoms with Gasteiger partial charge in [-0.25, -0.2) is 4.68 Å². The number of fused-ring (bicyclic) bond motifs is 1. The third-order valence-electron chi connectivity index (χ3n) is 6.36. The van der Waals surface area contributed by atoms with E-state index in [0.29, 0.717) is 29.7 Å². The first-order chi connectivity index (χ1) is 15.5. The van der Waals surface area contributed by atoms with E-state index in [4.69, 9.17) is 19.6 Å². The van der Waals surface area contributed by atoms with Crippen LogP contribution in [-0.2, 0) is 4.79 Å². The lowest BCUT2D eigenvalue weighted by molar-refractivity contribution is -0.116. The van der Waals surface area contributed by atoms with Crippen LogP contribution in [0.15, 0.2) is 47.7 Å². The molecule has 1 aliphatic carbocycles. The average molecular weight is 431 g/mol. The van der Waals surface area contributed by atoms with E-state index in [-0.39, 0.29) is 5.78 Å². The van der Waals surface area contributed by atoms with Crippen molar-refractivity contribution >= 4 is 11.7 Å². The second-order valence-electron chi connectivity index (χ2n) is 8.28. The van der Waals surface area contributed by atoms with Crippen molar-refractivity contribution in [2.75, 3.05) is 19.5 Å². The van der Waals surface area contributed by atoms with Gasteiger partial charge in [0.05, 0.1) is 14.2 Å². The number of para-hydroxylation sites is 1. The Labute approximate surface area is 187 Å². The van der Waals surface area contributed by atoms with E-state index < -0.39 is 6.04 Å². The fraction of sp³-hybridized carbons (Fsp3) is 0.320. The van der Waals surface area contributed by atoms with Crippen molar-refractivity contribution in [1.29, 1.82) is 0 Å². The fourth-order valence-corrected chi connectivity index (χ4v) is 4.57. The summed E-state index contributed by atoms with van der Waals surface area (Å²) in [6.45, 7) is 4.16. The van der Waals surface area contributed by atoms with Gasteiger partial charge in [-0.1, -0.05) is 24.3 Å². The van der Waals surface area contributed by atoms with Gasteiger partial charge in [0.25, 0.3) is 0 Å². The molecule has 1 unspecified atom stereocenters. The molecule has 3 aromatic rings. The highest BCUT2D eigenvalue weighted by Crippen LogP contribution is 2.45. The smallest absolute Gasteiger partial charge is 0.226 e. The van der Waals surface area contributed by atoms with Crippen LogP contribution >= 0.6 is 0 Å². The van der Waals surface area contributed by atoms with Gasteiger partial charge in [0, 0.05) is 28.8 Å². The molecule has 1 atom stereocenters. The second-order valence-corrected chi connectivity index (χ2v) is 8.28. The first-order valence-corrected chi connectivity index (χ1v) is 10.8. The van der Waals surface area contributed by atoms with Crippen molar-refractivity contribution in [3.8, 4) is 22.9 Å². The van der Waals surface area contributed by atoms with E-state index in [1.165, 1.54) is 11.1 Å². The van der Waals surface area contributed by atoms with Crippen LogP contribution in [0.25, 0.3) is 11.4 Å². The zero-order valence-corrected chi connectivity index (χ0v) is 18.7. The maximum absolute atomic E-state index is 13.1. The van der Waals surface area contributed by atoms with Crippen LogP contribution < -0.4 is 14.8 Å². The average Bonchev–Trinajstić information content (AvgIpc) is 3.22. The van der Waals surface area contributed by atoms with Crippen LogP contribution in [0.3, 0.4) is 0 Å². The standard InChI is InChI=1S/C25H26N4O3/c1-14-11-12-16(13-15(14)2)24-27-25-26-18-8-6-9-19(30)21(18)22(29(25)28-24)17-7-5-10-20(31-3)23(17)32-4/h5,7,10-13,22H,6,8-9H2,1-4H3,(H,26,27,28). The van der Waals surface area contributed by atoms with Gasteiger partial charge >= 0.3 is 0 Å². The third kappa shape index (κ3) is 3.16. The number of ether oxygens (including phenoxy) is 2. The summed E-state index contributed by atoms with van der Waals surface area (Å²) in [5.41, 5.74) is 5.82. The molecule has 1 aliphatic heterocycles. The molecule has 164 valence electrons. The van der Waals surface area contributed by atoms with Gasteiger partial charge in [-0.3, -0.25) is 4.79 Å². The number of methoxy groups -OCH3 is 2. The zero-order chi connectivity index (χ0) is 22.4. The SMILES string of the molecule is COc1cccc(C2C3=C(CCCC3=O)Nc3nc(-c4ccc(C)c(C)c4)nn32)c1OC. The zero-order valence-electron chi connectivity index (χ0n) is 18.7. The molecular weight excluding hydrogens is 404 g/mol. The number of nitrogens with one attached hydrogen (secondary N) is 1. The van der Waals surface area contributed by atoms with Crippen molar-refractivity contribution in [3.05, 3.63) is 64.4 Å². The third-order valence-corrected chi connectivity index (χ3v) is 6.36. The molecule has 7 nitrogen and oxygen atoms in total. The molecule has 0 spiro atoms.